The fourth-order valence-corrected chi connectivity index (χ4v) is 1.75. The van der Waals surface area contributed by atoms with Gasteiger partial charge in [-0.15, -0.1) is 0 Å². The molecule has 0 fully saturated rings. The number of benzene rings is 1. The molecular formula is C15H23N3O3. The van der Waals surface area contributed by atoms with Gasteiger partial charge in [-0.05, 0) is 25.5 Å². The van der Waals surface area contributed by atoms with Crippen LogP contribution < -0.4 is 21.1 Å². The van der Waals surface area contributed by atoms with Crippen molar-refractivity contribution in [2.45, 2.75) is 26.7 Å². The van der Waals surface area contributed by atoms with Crippen molar-refractivity contribution < 1.29 is 14.3 Å². The number of nitrogens with one attached hydrogen (secondary N) is 2. The van der Waals surface area contributed by atoms with Gasteiger partial charge >= 0.3 is 0 Å². The molecule has 1 aromatic rings. The van der Waals surface area contributed by atoms with Gasteiger partial charge in [-0.1, -0.05) is 6.92 Å². The third-order valence-corrected chi connectivity index (χ3v) is 2.71. The predicted octanol–water partition coefficient (Wildman–Crippen LogP) is 1.31. The van der Waals surface area contributed by atoms with E-state index in [9.17, 15) is 9.59 Å². The summed E-state index contributed by atoms with van der Waals surface area (Å²) < 4.78 is 5.34. The molecule has 0 aliphatic rings. The highest BCUT2D eigenvalue weighted by Crippen LogP contribution is 2.18. The van der Waals surface area contributed by atoms with Crippen LogP contribution >= 0.6 is 0 Å². The summed E-state index contributed by atoms with van der Waals surface area (Å²) in [4.78, 5) is 23.4. The van der Waals surface area contributed by atoms with Gasteiger partial charge in [0.1, 0.15) is 5.75 Å². The Morgan fingerprint density at radius 1 is 1.14 bits per heavy atom. The van der Waals surface area contributed by atoms with Gasteiger partial charge < -0.3 is 21.1 Å². The number of nitrogens with two attached hydrogens (primary N) is 1. The second-order valence-electron chi connectivity index (χ2n) is 4.58. The van der Waals surface area contributed by atoms with E-state index in [1.54, 1.807) is 18.2 Å². The summed E-state index contributed by atoms with van der Waals surface area (Å²) in [6.07, 6.45) is 1.15. The lowest BCUT2D eigenvalue weighted by molar-refractivity contribution is -0.120. The minimum Gasteiger partial charge on any atom is -0.494 e. The third-order valence-electron chi connectivity index (χ3n) is 2.71. The lowest BCUT2D eigenvalue weighted by atomic mass is 10.1. The number of carbonyl (C=O) groups excluding carboxylic acids is 2. The van der Waals surface area contributed by atoms with Crippen molar-refractivity contribution in [1.29, 1.82) is 0 Å². The fraction of sp³-hybridized carbons (Fsp3) is 0.467. The van der Waals surface area contributed by atoms with Crippen molar-refractivity contribution in [3.63, 3.8) is 0 Å². The molecule has 116 valence electrons. The van der Waals surface area contributed by atoms with Gasteiger partial charge in [0.05, 0.1) is 6.61 Å². The molecule has 0 aliphatic carbocycles. The van der Waals surface area contributed by atoms with Crippen molar-refractivity contribution >= 4 is 17.5 Å². The van der Waals surface area contributed by atoms with Crippen LogP contribution in [0.5, 0.6) is 5.75 Å². The zero-order chi connectivity index (χ0) is 15.7. The average Bonchev–Trinajstić information content (AvgIpc) is 2.44. The Hall–Kier alpha value is -2.24. The van der Waals surface area contributed by atoms with Crippen LogP contribution in [0.3, 0.4) is 0 Å². The van der Waals surface area contributed by atoms with Gasteiger partial charge in [-0.3, -0.25) is 9.59 Å². The van der Waals surface area contributed by atoms with E-state index in [-0.39, 0.29) is 24.8 Å². The summed E-state index contributed by atoms with van der Waals surface area (Å²) in [6.45, 7) is 5.28. The maximum Gasteiger partial charge on any atom is 0.251 e. The third kappa shape index (κ3) is 6.16. The topological polar surface area (TPSA) is 93.5 Å². The zero-order valence-corrected chi connectivity index (χ0v) is 12.6. The smallest absolute Gasteiger partial charge is 0.251 e. The molecule has 2 amide bonds. The first-order valence-corrected chi connectivity index (χ1v) is 7.15. The van der Waals surface area contributed by atoms with E-state index in [0.29, 0.717) is 30.2 Å². The monoisotopic (exact) mass is 293 g/mol. The lowest BCUT2D eigenvalue weighted by Gasteiger charge is -2.09. The number of hydrogen-bond donors (Lipinski definition) is 3. The van der Waals surface area contributed by atoms with Gasteiger partial charge in [-0.25, -0.2) is 0 Å². The van der Waals surface area contributed by atoms with Crippen LogP contribution in [-0.4, -0.2) is 31.5 Å². The summed E-state index contributed by atoms with van der Waals surface area (Å²) in [7, 11) is 0. The predicted molar refractivity (Wildman–Crippen MR) is 82.3 cm³/mol. The molecule has 6 heteroatoms. The van der Waals surface area contributed by atoms with Crippen molar-refractivity contribution in [3.05, 3.63) is 23.8 Å². The summed E-state index contributed by atoms with van der Waals surface area (Å²) in [5, 5.41) is 5.44. The molecule has 4 N–H and O–H groups in total. The minimum absolute atomic E-state index is 0.0697. The van der Waals surface area contributed by atoms with Crippen LogP contribution in [0, 0.1) is 0 Å². The number of carbonyl (C=O) groups is 2. The van der Waals surface area contributed by atoms with E-state index in [4.69, 9.17) is 10.5 Å². The Kier molecular flexibility index (Phi) is 7.08. The van der Waals surface area contributed by atoms with Crippen LogP contribution in [0.4, 0.5) is 5.69 Å². The fourth-order valence-electron chi connectivity index (χ4n) is 1.75. The van der Waals surface area contributed by atoms with E-state index < -0.39 is 0 Å². The van der Waals surface area contributed by atoms with Crippen LogP contribution in [0.15, 0.2) is 18.2 Å². The lowest BCUT2D eigenvalue weighted by Crippen LogP contribution is -2.31. The average molecular weight is 293 g/mol. The van der Waals surface area contributed by atoms with E-state index in [1.807, 2.05) is 13.8 Å². The molecule has 0 saturated carbocycles. The first-order valence-electron chi connectivity index (χ1n) is 7.15. The summed E-state index contributed by atoms with van der Waals surface area (Å²) >= 11 is 0. The molecule has 0 radical (unpaired) electrons. The van der Waals surface area contributed by atoms with Gasteiger partial charge in [0.2, 0.25) is 5.91 Å². The van der Waals surface area contributed by atoms with Gasteiger partial charge in [0.15, 0.2) is 0 Å². The molecule has 0 saturated heterocycles. The molecule has 0 bridgehead atoms. The van der Waals surface area contributed by atoms with Gasteiger partial charge in [-0.2, -0.15) is 0 Å². The Balaban J connectivity index is 2.50. The first-order chi connectivity index (χ1) is 10.1. The molecule has 0 spiro atoms. The van der Waals surface area contributed by atoms with Crippen molar-refractivity contribution in [3.8, 4) is 5.75 Å². The van der Waals surface area contributed by atoms with E-state index in [0.717, 1.165) is 6.42 Å². The van der Waals surface area contributed by atoms with Crippen LogP contribution in [0.25, 0.3) is 0 Å². The Bertz CT molecular complexity index is 489. The molecule has 21 heavy (non-hydrogen) atoms. The second-order valence-corrected chi connectivity index (χ2v) is 4.58. The standard InChI is InChI=1S/C15H23N3O3/c1-3-6-17-14(19)5-7-18-15(20)11-8-12(16)10-13(9-11)21-4-2/h8-10H,3-7,16H2,1-2H3,(H,17,19)(H,18,20). The number of ether oxygens (including phenoxy) is 1. The highest BCUT2D eigenvalue weighted by atomic mass is 16.5. The largest absolute Gasteiger partial charge is 0.494 e. The molecule has 0 heterocycles. The van der Waals surface area contributed by atoms with E-state index in [2.05, 4.69) is 10.6 Å². The second kappa shape index (κ2) is 8.84. The van der Waals surface area contributed by atoms with Crippen molar-refractivity contribution in [2.75, 3.05) is 25.4 Å². The number of nitrogen functional groups attached to an aromatic ring is 1. The van der Waals surface area contributed by atoms with Crippen LogP contribution in [0.2, 0.25) is 0 Å². The molecule has 1 rings (SSSR count). The molecule has 0 atom stereocenters. The maximum absolute atomic E-state index is 12.0. The van der Waals surface area contributed by atoms with Crippen molar-refractivity contribution in [2.24, 2.45) is 0 Å². The zero-order valence-electron chi connectivity index (χ0n) is 12.6. The summed E-state index contributed by atoms with van der Waals surface area (Å²) in [5.41, 5.74) is 6.62. The first kappa shape index (κ1) is 16.8. The SMILES string of the molecule is CCCNC(=O)CCNC(=O)c1cc(N)cc(OCC)c1. The minimum atomic E-state index is -0.272. The number of hydrogen-bond acceptors (Lipinski definition) is 4. The molecule has 0 aromatic heterocycles. The molecule has 1 aromatic carbocycles. The van der Waals surface area contributed by atoms with E-state index in [1.165, 1.54) is 0 Å². The van der Waals surface area contributed by atoms with E-state index >= 15 is 0 Å². The molecule has 0 aliphatic heterocycles. The molecular weight excluding hydrogens is 270 g/mol. The number of anilines is 1. The highest BCUT2D eigenvalue weighted by Gasteiger charge is 2.09. The van der Waals surface area contributed by atoms with Gasteiger partial charge in [0, 0.05) is 36.8 Å². The Morgan fingerprint density at radius 3 is 2.57 bits per heavy atom. The normalized spacial score (nSPS) is 10.0. The quantitative estimate of drug-likeness (QED) is 0.630. The Labute approximate surface area is 125 Å². The van der Waals surface area contributed by atoms with Crippen LogP contribution in [0.1, 0.15) is 37.0 Å². The molecule has 0 unspecified atom stereocenters. The highest BCUT2D eigenvalue weighted by molar-refractivity contribution is 5.95. The molecule has 6 nitrogen and oxygen atoms in total. The maximum atomic E-state index is 12.0. The summed E-state index contributed by atoms with van der Waals surface area (Å²) in [6, 6.07) is 4.87. The number of rotatable bonds is 8. The Morgan fingerprint density at radius 2 is 1.90 bits per heavy atom. The van der Waals surface area contributed by atoms with Gasteiger partial charge in [0.25, 0.3) is 5.91 Å². The van der Waals surface area contributed by atoms with Crippen LogP contribution in [-0.2, 0) is 4.79 Å². The summed E-state index contributed by atoms with van der Waals surface area (Å²) in [5.74, 6) is 0.217. The number of amides is 2. The van der Waals surface area contributed by atoms with Crippen molar-refractivity contribution in [1.82, 2.24) is 10.6 Å².